The summed E-state index contributed by atoms with van der Waals surface area (Å²) in [4.78, 5) is 11.8. The number of rotatable bonds is 1. The zero-order valence-electron chi connectivity index (χ0n) is 8.94. The number of carbonyl (C=O) groups is 1. The Morgan fingerprint density at radius 1 is 1.53 bits per heavy atom. The zero-order valence-corrected chi connectivity index (χ0v) is 9.69. The summed E-state index contributed by atoms with van der Waals surface area (Å²) < 4.78 is 12.9. The summed E-state index contributed by atoms with van der Waals surface area (Å²) >= 11 is 5.89. The van der Waals surface area contributed by atoms with Gasteiger partial charge in [-0.2, -0.15) is 0 Å². The SMILES string of the molecule is NN1C[C@H](O)C[C@H](c2ccc(F)cc2Cl)C1=O. The third-order valence-electron chi connectivity index (χ3n) is 2.83. The summed E-state index contributed by atoms with van der Waals surface area (Å²) in [6, 6.07) is 3.83. The molecule has 1 fully saturated rings. The summed E-state index contributed by atoms with van der Waals surface area (Å²) in [7, 11) is 0. The predicted molar refractivity (Wildman–Crippen MR) is 60.7 cm³/mol. The predicted octanol–water partition coefficient (Wildman–Crippen LogP) is 1.03. The van der Waals surface area contributed by atoms with Gasteiger partial charge in [-0.1, -0.05) is 17.7 Å². The lowest BCUT2D eigenvalue weighted by Crippen LogP contribution is -2.50. The zero-order chi connectivity index (χ0) is 12.6. The summed E-state index contributed by atoms with van der Waals surface area (Å²) in [6.45, 7) is 0.105. The number of carbonyl (C=O) groups excluding carboxylic acids is 1. The topological polar surface area (TPSA) is 66.6 Å². The summed E-state index contributed by atoms with van der Waals surface area (Å²) in [5.41, 5.74) is 0.493. The van der Waals surface area contributed by atoms with Crippen molar-refractivity contribution in [2.45, 2.75) is 18.4 Å². The number of β-amino-alcohol motifs (C(OH)–C–C–N with tert-alkyl or cyclic N) is 1. The van der Waals surface area contributed by atoms with Crippen molar-refractivity contribution < 1.29 is 14.3 Å². The number of aliphatic hydroxyl groups excluding tert-OH is 1. The van der Waals surface area contributed by atoms with E-state index in [2.05, 4.69) is 0 Å². The molecule has 17 heavy (non-hydrogen) atoms. The van der Waals surface area contributed by atoms with E-state index >= 15 is 0 Å². The third-order valence-corrected chi connectivity index (χ3v) is 3.16. The Hall–Kier alpha value is -1.17. The number of piperidine rings is 1. The fourth-order valence-corrected chi connectivity index (χ4v) is 2.31. The average Bonchev–Trinajstić information content (AvgIpc) is 2.24. The molecule has 0 saturated carbocycles. The van der Waals surface area contributed by atoms with Crippen LogP contribution in [0.2, 0.25) is 5.02 Å². The van der Waals surface area contributed by atoms with Gasteiger partial charge in [-0.05, 0) is 24.1 Å². The minimum absolute atomic E-state index is 0.105. The Morgan fingerprint density at radius 3 is 2.88 bits per heavy atom. The molecule has 4 nitrogen and oxygen atoms in total. The van der Waals surface area contributed by atoms with Crippen LogP contribution in [0.25, 0.3) is 0 Å². The van der Waals surface area contributed by atoms with Gasteiger partial charge in [-0.3, -0.25) is 9.80 Å². The standard InChI is InChI=1S/C11H12ClFN2O2/c12-10-3-6(13)1-2-8(10)9-4-7(16)5-15(14)11(9)17/h1-3,7,9,16H,4-5,14H2/t7-,9-/m1/s1. The van der Waals surface area contributed by atoms with Crippen LogP contribution in [0.15, 0.2) is 18.2 Å². The Kier molecular flexibility index (Phi) is 3.33. The fraction of sp³-hybridized carbons (Fsp3) is 0.364. The van der Waals surface area contributed by atoms with E-state index in [9.17, 15) is 14.3 Å². The summed E-state index contributed by atoms with van der Waals surface area (Å²) in [6.07, 6.45) is -0.443. The van der Waals surface area contributed by atoms with Gasteiger partial charge in [0.1, 0.15) is 5.82 Å². The van der Waals surface area contributed by atoms with Gasteiger partial charge < -0.3 is 5.11 Å². The number of nitrogens with two attached hydrogens (primary N) is 1. The molecule has 1 heterocycles. The lowest BCUT2D eigenvalue weighted by atomic mass is 9.89. The molecule has 3 N–H and O–H groups in total. The first-order chi connectivity index (χ1) is 7.99. The van der Waals surface area contributed by atoms with Crippen LogP contribution < -0.4 is 5.84 Å². The molecule has 0 aliphatic carbocycles. The number of amides is 1. The van der Waals surface area contributed by atoms with Crippen molar-refractivity contribution in [3.05, 3.63) is 34.6 Å². The molecule has 1 aromatic carbocycles. The molecule has 1 aliphatic heterocycles. The van der Waals surface area contributed by atoms with Gasteiger partial charge in [-0.25, -0.2) is 10.2 Å². The second kappa shape index (κ2) is 4.60. The molecule has 6 heteroatoms. The minimum atomic E-state index is -0.691. The highest BCUT2D eigenvalue weighted by atomic mass is 35.5. The van der Waals surface area contributed by atoms with E-state index in [0.717, 1.165) is 11.1 Å². The van der Waals surface area contributed by atoms with Crippen molar-refractivity contribution in [3.8, 4) is 0 Å². The highest BCUT2D eigenvalue weighted by molar-refractivity contribution is 6.31. The molecule has 1 aliphatic rings. The van der Waals surface area contributed by atoms with Gasteiger partial charge in [-0.15, -0.1) is 0 Å². The first-order valence-electron chi connectivity index (χ1n) is 5.18. The van der Waals surface area contributed by atoms with Crippen LogP contribution in [0.5, 0.6) is 0 Å². The number of halogens is 2. The largest absolute Gasteiger partial charge is 0.391 e. The van der Waals surface area contributed by atoms with Crippen LogP contribution >= 0.6 is 11.6 Å². The molecule has 2 rings (SSSR count). The van der Waals surface area contributed by atoms with Gasteiger partial charge >= 0.3 is 0 Å². The van der Waals surface area contributed by atoms with E-state index in [1.807, 2.05) is 0 Å². The van der Waals surface area contributed by atoms with Gasteiger partial charge in [0.15, 0.2) is 0 Å². The van der Waals surface area contributed by atoms with Gasteiger partial charge in [0.05, 0.1) is 18.6 Å². The van der Waals surface area contributed by atoms with Crippen molar-refractivity contribution in [3.63, 3.8) is 0 Å². The van der Waals surface area contributed by atoms with E-state index < -0.39 is 17.8 Å². The maximum absolute atomic E-state index is 12.9. The monoisotopic (exact) mass is 258 g/mol. The van der Waals surface area contributed by atoms with Crippen molar-refractivity contribution in [2.24, 2.45) is 5.84 Å². The maximum atomic E-state index is 12.9. The van der Waals surface area contributed by atoms with Crippen molar-refractivity contribution in [1.82, 2.24) is 5.01 Å². The molecule has 1 aromatic rings. The number of nitrogens with zero attached hydrogens (tertiary/aromatic N) is 1. The third kappa shape index (κ3) is 2.41. The molecule has 0 unspecified atom stereocenters. The number of aliphatic hydroxyl groups is 1. The molecular weight excluding hydrogens is 247 g/mol. The smallest absolute Gasteiger partial charge is 0.244 e. The molecule has 1 amide bonds. The van der Waals surface area contributed by atoms with Gasteiger partial charge in [0.25, 0.3) is 0 Å². The number of hydrogen-bond acceptors (Lipinski definition) is 3. The lowest BCUT2D eigenvalue weighted by Gasteiger charge is -2.32. The summed E-state index contributed by atoms with van der Waals surface area (Å²) in [5, 5.41) is 10.7. The Balaban J connectivity index is 2.34. The number of hydrazine groups is 1. The van der Waals surface area contributed by atoms with Crippen LogP contribution in [0, 0.1) is 5.82 Å². The molecule has 0 bridgehead atoms. The quantitative estimate of drug-likeness (QED) is 0.584. The molecule has 0 radical (unpaired) electrons. The molecular formula is C11H12ClFN2O2. The van der Waals surface area contributed by atoms with Crippen molar-refractivity contribution in [1.29, 1.82) is 0 Å². The lowest BCUT2D eigenvalue weighted by molar-refractivity contribution is -0.139. The molecule has 1 saturated heterocycles. The molecule has 0 aromatic heterocycles. The second-order valence-electron chi connectivity index (χ2n) is 4.10. The molecule has 92 valence electrons. The van der Waals surface area contributed by atoms with Crippen LogP contribution in [0.3, 0.4) is 0 Å². The molecule has 0 spiro atoms. The summed E-state index contributed by atoms with van der Waals surface area (Å²) in [5.74, 6) is 4.09. The minimum Gasteiger partial charge on any atom is -0.391 e. The second-order valence-corrected chi connectivity index (χ2v) is 4.51. The normalized spacial score (nSPS) is 25.2. The van der Waals surface area contributed by atoms with E-state index in [-0.39, 0.29) is 23.9 Å². The number of benzene rings is 1. The first-order valence-corrected chi connectivity index (χ1v) is 5.56. The highest BCUT2D eigenvalue weighted by Crippen LogP contribution is 2.32. The van der Waals surface area contributed by atoms with Crippen LogP contribution in [0.4, 0.5) is 4.39 Å². The van der Waals surface area contributed by atoms with E-state index in [1.165, 1.54) is 12.1 Å². The fourth-order valence-electron chi connectivity index (χ4n) is 2.01. The Morgan fingerprint density at radius 2 is 2.24 bits per heavy atom. The van der Waals surface area contributed by atoms with Gasteiger partial charge in [0.2, 0.25) is 5.91 Å². The molecule has 2 atom stereocenters. The maximum Gasteiger partial charge on any atom is 0.244 e. The Labute approximate surface area is 103 Å². The van der Waals surface area contributed by atoms with E-state index in [0.29, 0.717) is 5.56 Å². The number of hydrogen-bond donors (Lipinski definition) is 2. The Bertz CT molecular complexity index is 455. The highest BCUT2D eigenvalue weighted by Gasteiger charge is 2.34. The van der Waals surface area contributed by atoms with Crippen LogP contribution in [-0.2, 0) is 4.79 Å². The van der Waals surface area contributed by atoms with E-state index in [4.69, 9.17) is 17.4 Å². The van der Waals surface area contributed by atoms with Crippen molar-refractivity contribution in [2.75, 3.05) is 6.54 Å². The van der Waals surface area contributed by atoms with Crippen molar-refractivity contribution >= 4 is 17.5 Å². The average molecular weight is 259 g/mol. The van der Waals surface area contributed by atoms with Crippen LogP contribution in [0.1, 0.15) is 17.9 Å². The first kappa shape index (κ1) is 12.3. The van der Waals surface area contributed by atoms with Crippen LogP contribution in [-0.4, -0.2) is 28.7 Å². The van der Waals surface area contributed by atoms with Gasteiger partial charge in [0, 0.05) is 5.02 Å². The van der Waals surface area contributed by atoms with E-state index in [1.54, 1.807) is 0 Å².